The van der Waals surface area contributed by atoms with Crippen molar-refractivity contribution >= 4 is 23.6 Å². The summed E-state index contributed by atoms with van der Waals surface area (Å²) < 4.78 is 14.5. The van der Waals surface area contributed by atoms with Crippen molar-refractivity contribution in [2.75, 3.05) is 13.1 Å². The Morgan fingerprint density at radius 1 is 1.21 bits per heavy atom. The lowest BCUT2D eigenvalue weighted by molar-refractivity contribution is -0.136. The zero-order valence-corrected chi connectivity index (χ0v) is 15.9. The molecule has 1 unspecified atom stereocenters. The number of piperidine rings is 1. The van der Waals surface area contributed by atoms with Crippen LogP contribution in [0.2, 0.25) is 0 Å². The molecule has 29 heavy (non-hydrogen) atoms. The van der Waals surface area contributed by atoms with E-state index < -0.39 is 35.3 Å². The first-order valence-electron chi connectivity index (χ1n) is 9.76. The SMILES string of the molecule is NCC1CC(F)(CNCc2cccc3c2C(=O)N(C2CCC(=O)NC2=O)C3=O)C1. The van der Waals surface area contributed by atoms with E-state index in [9.17, 15) is 23.6 Å². The molecule has 3 aliphatic rings. The van der Waals surface area contributed by atoms with Crippen LogP contribution in [-0.2, 0) is 16.1 Å². The van der Waals surface area contributed by atoms with Crippen molar-refractivity contribution in [1.29, 1.82) is 0 Å². The lowest BCUT2D eigenvalue weighted by Gasteiger charge is -2.41. The van der Waals surface area contributed by atoms with Crippen LogP contribution < -0.4 is 16.4 Å². The molecule has 4 N–H and O–H groups in total. The highest BCUT2D eigenvalue weighted by molar-refractivity contribution is 6.24. The van der Waals surface area contributed by atoms with Crippen LogP contribution in [-0.4, -0.2) is 53.3 Å². The van der Waals surface area contributed by atoms with Crippen molar-refractivity contribution in [2.24, 2.45) is 11.7 Å². The zero-order chi connectivity index (χ0) is 20.8. The summed E-state index contributed by atoms with van der Waals surface area (Å²) in [4.78, 5) is 50.2. The molecule has 1 aromatic rings. The van der Waals surface area contributed by atoms with Gasteiger partial charge < -0.3 is 11.1 Å². The van der Waals surface area contributed by atoms with Crippen LogP contribution >= 0.6 is 0 Å². The summed E-state index contributed by atoms with van der Waals surface area (Å²) in [6.45, 7) is 0.848. The number of nitrogens with two attached hydrogens (primary N) is 1. The molecule has 0 bridgehead atoms. The zero-order valence-electron chi connectivity index (χ0n) is 15.9. The lowest BCUT2D eigenvalue weighted by Crippen LogP contribution is -2.54. The summed E-state index contributed by atoms with van der Waals surface area (Å²) in [5.74, 6) is -1.95. The predicted molar refractivity (Wildman–Crippen MR) is 100 cm³/mol. The van der Waals surface area contributed by atoms with Gasteiger partial charge in [-0.3, -0.25) is 29.4 Å². The van der Waals surface area contributed by atoms with Gasteiger partial charge in [0.2, 0.25) is 11.8 Å². The smallest absolute Gasteiger partial charge is 0.262 e. The highest BCUT2D eigenvalue weighted by atomic mass is 19.1. The number of nitrogens with one attached hydrogen (secondary N) is 2. The fourth-order valence-electron chi connectivity index (χ4n) is 4.44. The molecule has 1 saturated carbocycles. The summed E-state index contributed by atoms with van der Waals surface area (Å²) in [7, 11) is 0. The normalized spacial score (nSPS) is 29.0. The van der Waals surface area contributed by atoms with E-state index in [1.807, 2.05) is 0 Å². The Labute approximate surface area is 167 Å². The van der Waals surface area contributed by atoms with E-state index in [0.29, 0.717) is 24.9 Å². The van der Waals surface area contributed by atoms with Crippen molar-refractivity contribution in [1.82, 2.24) is 15.5 Å². The predicted octanol–water partition coefficient (Wildman–Crippen LogP) is 0.254. The summed E-state index contributed by atoms with van der Waals surface area (Å²) in [5.41, 5.74) is 5.29. The van der Waals surface area contributed by atoms with Crippen LogP contribution in [0.15, 0.2) is 18.2 Å². The number of alkyl halides is 1. The van der Waals surface area contributed by atoms with Crippen molar-refractivity contribution in [2.45, 2.75) is 43.9 Å². The molecule has 1 atom stereocenters. The van der Waals surface area contributed by atoms with Gasteiger partial charge in [0.05, 0.1) is 11.1 Å². The first kappa shape index (κ1) is 19.7. The number of imide groups is 2. The van der Waals surface area contributed by atoms with E-state index in [1.54, 1.807) is 18.2 Å². The lowest BCUT2D eigenvalue weighted by atomic mass is 9.72. The average molecular weight is 402 g/mol. The van der Waals surface area contributed by atoms with Gasteiger partial charge in [-0.2, -0.15) is 0 Å². The van der Waals surface area contributed by atoms with Crippen molar-refractivity contribution in [3.05, 3.63) is 34.9 Å². The van der Waals surface area contributed by atoms with Gasteiger partial charge in [0.25, 0.3) is 11.8 Å². The van der Waals surface area contributed by atoms with Crippen molar-refractivity contribution in [3.8, 4) is 0 Å². The van der Waals surface area contributed by atoms with Crippen molar-refractivity contribution in [3.63, 3.8) is 0 Å². The summed E-state index contributed by atoms with van der Waals surface area (Å²) >= 11 is 0. The molecule has 2 aliphatic heterocycles. The second-order valence-corrected chi connectivity index (χ2v) is 8.05. The van der Waals surface area contributed by atoms with E-state index in [-0.39, 0.29) is 43.0 Å². The highest BCUT2D eigenvalue weighted by Gasteiger charge is 2.46. The fraction of sp³-hybridized carbons (Fsp3) is 0.500. The Kier molecular flexibility index (Phi) is 4.95. The number of benzene rings is 1. The molecule has 0 aromatic heterocycles. The minimum Gasteiger partial charge on any atom is -0.330 e. The van der Waals surface area contributed by atoms with Gasteiger partial charge in [0.1, 0.15) is 11.7 Å². The summed E-state index contributed by atoms with van der Waals surface area (Å²) in [6, 6.07) is 3.91. The molecular weight excluding hydrogens is 379 g/mol. The molecule has 9 heteroatoms. The molecule has 154 valence electrons. The Morgan fingerprint density at radius 2 is 1.97 bits per heavy atom. The van der Waals surface area contributed by atoms with Crippen LogP contribution in [0.3, 0.4) is 0 Å². The van der Waals surface area contributed by atoms with Gasteiger partial charge in [-0.15, -0.1) is 0 Å². The highest BCUT2D eigenvalue weighted by Crippen LogP contribution is 2.40. The molecule has 1 saturated heterocycles. The molecule has 4 amide bonds. The maximum atomic E-state index is 14.5. The third kappa shape index (κ3) is 3.44. The van der Waals surface area contributed by atoms with Gasteiger partial charge in [0.15, 0.2) is 0 Å². The third-order valence-electron chi connectivity index (χ3n) is 5.95. The number of nitrogens with zero attached hydrogens (tertiary/aromatic N) is 1. The second kappa shape index (κ2) is 7.31. The second-order valence-electron chi connectivity index (χ2n) is 8.05. The number of hydrogen-bond acceptors (Lipinski definition) is 6. The topological polar surface area (TPSA) is 122 Å². The molecular formula is C20H23FN4O4. The van der Waals surface area contributed by atoms with E-state index >= 15 is 0 Å². The minimum absolute atomic E-state index is 0.0700. The molecule has 1 aromatic carbocycles. The number of carbonyl (C=O) groups excluding carboxylic acids is 4. The summed E-state index contributed by atoms with van der Waals surface area (Å²) in [5, 5.41) is 5.21. The Hall–Kier alpha value is -2.65. The van der Waals surface area contributed by atoms with E-state index in [2.05, 4.69) is 10.6 Å². The first-order chi connectivity index (χ1) is 13.8. The fourth-order valence-corrected chi connectivity index (χ4v) is 4.44. The quantitative estimate of drug-likeness (QED) is 0.587. The standard InChI is InChI=1S/C20H23FN4O4/c21-20(6-11(7-20)8-22)10-23-9-12-2-1-3-13-16(12)19(29)25(18(13)28)14-4-5-15(26)24-17(14)27/h1-3,11,14,23H,4-10,22H2,(H,24,26,27). The molecule has 2 fully saturated rings. The maximum absolute atomic E-state index is 14.5. The molecule has 0 radical (unpaired) electrons. The van der Waals surface area contributed by atoms with E-state index in [4.69, 9.17) is 5.73 Å². The largest absolute Gasteiger partial charge is 0.330 e. The number of fused-ring (bicyclic) bond motifs is 1. The Morgan fingerprint density at radius 3 is 2.66 bits per heavy atom. The van der Waals surface area contributed by atoms with Gasteiger partial charge in [-0.05, 0) is 43.4 Å². The minimum atomic E-state index is -1.29. The Bertz CT molecular complexity index is 896. The number of carbonyl (C=O) groups is 4. The summed E-state index contributed by atoms with van der Waals surface area (Å²) in [6.07, 6.45) is 1.02. The van der Waals surface area contributed by atoms with Gasteiger partial charge >= 0.3 is 0 Å². The molecule has 4 rings (SSSR count). The molecule has 8 nitrogen and oxygen atoms in total. The molecule has 1 aliphatic carbocycles. The molecule has 0 spiro atoms. The van der Waals surface area contributed by atoms with Crippen LogP contribution in [0.5, 0.6) is 0 Å². The van der Waals surface area contributed by atoms with Gasteiger partial charge in [-0.1, -0.05) is 12.1 Å². The van der Waals surface area contributed by atoms with Gasteiger partial charge in [-0.25, -0.2) is 4.39 Å². The Balaban J connectivity index is 1.48. The van der Waals surface area contributed by atoms with Crippen LogP contribution in [0.1, 0.15) is 52.0 Å². The van der Waals surface area contributed by atoms with Crippen LogP contribution in [0.4, 0.5) is 4.39 Å². The number of rotatable bonds is 6. The van der Waals surface area contributed by atoms with E-state index in [1.165, 1.54) is 0 Å². The molecule has 2 heterocycles. The average Bonchev–Trinajstić information content (AvgIpc) is 2.91. The van der Waals surface area contributed by atoms with Crippen LogP contribution in [0.25, 0.3) is 0 Å². The number of amides is 4. The van der Waals surface area contributed by atoms with E-state index in [0.717, 1.165) is 4.90 Å². The third-order valence-corrected chi connectivity index (χ3v) is 5.95. The van der Waals surface area contributed by atoms with Crippen molar-refractivity contribution < 1.29 is 23.6 Å². The van der Waals surface area contributed by atoms with Gasteiger partial charge in [0, 0.05) is 19.5 Å². The first-order valence-corrected chi connectivity index (χ1v) is 9.76. The maximum Gasteiger partial charge on any atom is 0.262 e. The number of hydrogen-bond donors (Lipinski definition) is 3. The number of halogens is 1. The monoisotopic (exact) mass is 402 g/mol. The van der Waals surface area contributed by atoms with Crippen LogP contribution in [0, 0.1) is 5.92 Å².